The van der Waals surface area contributed by atoms with Crippen molar-refractivity contribution in [3.63, 3.8) is 0 Å². The maximum atomic E-state index is 11.3. The van der Waals surface area contributed by atoms with Crippen molar-refractivity contribution in [3.05, 3.63) is 59.2 Å². The molecule has 0 unspecified atom stereocenters. The number of amides is 1. The fraction of sp³-hybridized carbons (Fsp3) is 0.118. The van der Waals surface area contributed by atoms with Crippen molar-refractivity contribution < 1.29 is 9.53 Å². The molecule has 106 valence electrons. The molecule has 3 rings (SSSR count). The van der Waals surface area contributed by atoms with Crippen molar-refractivity contribution in [2.75, 3.05) is 6.61 Å². The summed E-state index contributed by atoms with van der Waals surface area (Å²) in [5.41, 5.74) is 15.5. The lowest BCUT2D eigenvalue weighted by Gasteiger charge is -2.17. The Morgan fingerprint density at radius 1 is 1.10 bits per heavy atom. The Hall–Kier alpha value is -2.59. The van der Waals surface area contributed by atoms with Crippen molar-refractivity contribution in [2.45, 2.75) is 6.54 Å². The van der Waals surface area contributed by atoms with Gasteiger partial charge in [0.05, 0.1) is 5.57 Å². The molecule has 0 aliphatic carbocycles. The van der Waals surface area contributed by atoms with Crippen molar-refractivity contribution in [1.82, 2.24) is 0 Å². The third-order valence-electron chi connectivity index (χ3n) is 3.56. The number of ether oxygens (including phenoxy) is 1. The van der Waals surface area contributed by atoms with Crippen LogP contribution >= 0.6 is 0 Å². The van der Waals surface area contributed by atoms with E-state index in [1.807, 2.05) is 42.5 Å². The number of benzene rings is 2. The standard InChI is InChI=1S/C17H16N2O2/c18-9-11-1-3-12(4-2-11)13-5-6-16-14(7-13)8-15(10-21-16)17(19)20/h1-8H,9-10,18H2,(H2,19,20). The highest BCUT2D eigenvalue weighted by atomic mass is 16.5. The van der Waals surface area contributed by atoms with Gasteiger partial charge in [-0.1, -0.05) is 30.3 Å². The number of fused-ring (bicyclic) bond motifs is 1. The van der Waals surface area contributed by atoms with Gasteiger partial charge in [0.1, 0.15) is 12.4 Å². The molecule has 1 aliphatic heterocycles. The minimum Gasteiger partial charge on any atom is -0.488 e. The first kappa shape index (κ1) is 13.4. The first-order valence-corrected chi connectivity index (χ1v) is 6.74. The topological polar surface area (TPSA) is 78.3 Å². The highest BCUT2D eigenvalue weighted by Gasteiger charge is 2.15. The average Bonchev–Trinajstić information content (AvgIpc) is 2.54. The summed E-state index contributed by atoms with van der Waals surface area (Å²) in [6.07, 6.45) is 1.79. The number of primary amides is 1. The van der Waals surface area contributed by atoms with E-state index in [0.29, 0.717) is 12.1 Å². The van der Waals surface area contributed by atoms with Crippen LogP contribution in [0.4, 0.5) is 0 Å². The summed E-state index contributed by atoms with van der Waals surface area (Å²) in [4.78, 5) is 11.3. The van der Waals surface area contributed by atoms with Crippen LogP contribution in [0.3, 0.4) is 0 Å². The summed E-state index contributed by atoms with van der Waals surface area (Å²) >= 11 is 0. The lowest BCUT2D eigenvalue weighted by atomic mass is 9.99. The van der Waals surface area contributed by atoms with Crippen molar-refractivity contribution in [1.29, 1.82) is 0 Å². The van der Waals surface area contributed by atoms with E-state index in [1.54, 1.807) is 6.08 Å². The molecular weight excluding hydrogens is 264 g/mol. The van der Waals surface area contributed by atoms with Gasteiger partial charge in [0.25, 0.3) is 0 Å². The fourth-order valence-electron chi connectivity index (χ4n) is 2.33. The van der Waals surface area contributed by atoms with Gasteiger partial charge in [-0.25, -0.2) is 0 Å². The summed E-state index contributed by atoms with van der Waals surface area (Å²) in [6, 6.07) is 14.0. The number of hydrogen-bond acceptors (Lipinski definition) is 3. The zero-order chi connectivity index (χ0) is 14.8. The van der Waals surface area contributed by atoms with Gasteiger partial charge in [-0.3, -0.25) is 4.79 Å². The van der Waals surface area contributed by atoms with E-state index in [-0.39, 0.29) is 6.61 Å². The predicted octanol–water partition coefficient (Wildman–Crippen LogP) is 2.07. The SMILES string of the molecule is NCc1ccc(-c2ccc3c(c2)C=C(C(N)=O)CO3)cc1. The minimum atomic E-state index is -0.446. The summed E-state index contributed by atoms with van der Waals surface area (Å²) in [5, 5.41) is 0. The van der Waals surface area contributed by atoms with Gasteiger partial charge < -0.3 is 16.2 Å². The molecule has 0 bridgehead atoms. The molecule has 0 radical (unpaired) electrons. The Balaban J connectivity index is 1.99. The largest absolute Gasteiger partial charge is 0.488 e. The van der Waals surface area contributed by atoms with Crippen LogP contribution in [0.2, 0.25) is 0 Å². The van der Waals surface area contributed by atoms with Gasteiger partial charge in [0, 0.05) is 12.1 Å². The normalized spacial score (nSPS) is 13.1. The van der Waals surface area contributed by atoms with E-state index < -0.39 is 5.91 Å². The molecule has 2 aromatic rings. The van der Waals surface area contributed by atoms with Gasteiger partial charge in [0.15, 0.2) is 0 Å². The van der Waals surface area contributed by atoms with Crippen molar-refractivity contribution in [3.8, 4) is 16.9 Å². The van der Waals surface area contributed by atoms with Gasteiger partial charge >= 0.3 is 0 Å². The lowest BCUT2D eigenvalue weighted by Crippen LogP contribution is -2.21. The van der Waals surface area contributed by atoms with Gasteiger partial charge in [0.2, 0.25) is 5.91 Å². The Kier molecular flexibility index (Phi) is 3.46. The van der Waals surface area contributed by atoms with Crippen molar-refractivity contribution in [2.24, 2.45) is 11.5 Å². The van der Waals surface area contributed by atoms with Crippen LogP contribution in [-0.2, 0) is 11.3 Å². The molecule has 0 saturated carbocycles. The summed E-state index contributed by atoms with van der Waals surface area (Å²) in [7, 11) is 0. The summed E-state index contributed by atoms with van der Waals surface area (Å²) in [6.45, 7) is 0.760. The highest BCUT2D eigenvalue weighted by Crippen LogP contribution is 2.31. The molecular formula is C17H16N2O2. The Morgan fingerprint density at radius 3 is 2.48 bits per heavy atom. The number of carbonyl (C=O) groups excluding carboxylic acids is 1. The third-order valence-corrected chi connectivity index (χ3v) is 3.56. The summed E-state index contributed by atoms with van der Waals surface area (Å²) in [5.74, 6) is 0.320. The number of carbonyl (C=O) groups is 1. The fourth-order valence-corrected chi connectivity index (χ4v) is 2.33. The number of hydrogen-bond donors (Lipinski definition) is 2. The van der Waals surface area contributed by atoms with Crippen LogP contribution in [-0.4, -0.2) is 12.5 Å². The third kappa shape index (κ3) is 2.66. The first-order valence-electron chi connectivity index (χ1n) is 6.74. The van der Waals surface area contributed by atoms with Gasteiger partial charge in [-0.15, -0.1) is 0 Å². The summed E-state index contributed by atoms with van der Waals surface area (Å²) < 4.78 is 5.54. The number of nitrogens with two attached hydrogens (primary N) is 2. The predicted molar refractivity (Wildman–Crippen MR) is 82.4 cm³/mol. The Labute approximate surface area is 123 Å². The second-order valence-electron chi connectivity index (χ2n) is 4.98. The van der Waals surface area contributed by atoms with E-state index >= 15 is 0 Å². The van der Waals surface area contributed by atoms with Crippen LogP contribution < -0.4 is 16.2 Å². The van der Waals surface area contributed by atoms with E-state index in [1.165, 1.54) is 0 Å². The average molecular weight is 280 g/mol. The zero-order valence-corrected chi connectivity index (χ0v) is 11.5. The van der Waals surface area contributed by atoms with Crippen LogP contribution in [0.15, 0.2) is 48.0 Å². The highest BCUT2D eigenvalue weighted by molar-refractivity contribution is 5.98. The second kappa shape index (κ2) is 5.42. The minimum absolute atomic E-state index is 0.229. The smallest absolute Gasteiger partial charge is 0.248 e. The van der Waals surface area contributed by atoms with E-state index in [2.05, 4.69) is 0 Å². The second-order valence-corrected chi connectivity index (χ2v) is 4.98. The molecule has 0 fully saturated rings. The molecule has 4 heteroatoms. The van der Waals surface area contributed by atoms with Crippen molar-refractivity contribution >= 4 is 12.0 Å². The van der Waals surface area contributed by atoms with Crippen LogP contribution in [0.1, 0.15) is 11.1 Å². The Morgan fingerprint density at radius 2 is 1.81 bits per heavy atom. The molecule has 1 heterocycles. The molecule has 2 aromatic carbocycles. The molecule has 0 atom stereocenters. The van der Waals surface area contributed by atoms with E-state index in [0.717, 1.165) is 28.0 Å². The van der Waals surface area contributed by atoms with E-state index in [4.69, 9.17) is 16.2 Å². The molecule has 4 nitrogen and oxygen atoms in total. The maximum Gasteiger partial charge on any atom is 0.248 e. The van der Waals surface area contributed by atoms with E-state index in [9.17, 15) is 4.79 Å². The quantitative estimate of drug-likeness (QED) is 0.903. The zero-order valence-electron chi connectivity index (χ0n) is 11.5. The molecule has 1 aliphatic rings. The first-order chi connectivity index (χ1) is 10.2. The van der Waals surface area contributed by atoms with Crippen LogP contribution in [0.5, 0.6) is 5.75 Å². The molecule has 4 N–H and O–H groups in total. The lowest BCUT2D eigenvalue weighted by molar-refractivity contribution is -0.114. The number of rotatable bonds is 3. The molecule has 0 aromatic heterocycles. The molecule has 0 spiro atoms. The molecule has 0 saturated heterocycles. The monoisotopic (exact) mass is 280 g/mol. The Bertz CT molecular complexity index is 718. The van der Waals surface area contributed by atoms with Gasteiger partial charge in [-0.05, 0) is 34.9 Å². The molecule has 21 heavy (non-hydrogen) atoms. The molecule has 1 amide bonds. The maximum absolute atomic E-state index is 11.3. The van der Waals surface area contributed by atoms with Crippen LogP contribution in [0.25, 0.3) is 17.2 Å². The van der Waals surface area contributed by atoms with Crippen LogP contribution in [0, 0.1) is 0 Å². The van der Waals surface area contributed by atoms with Gasteiger partial charge in [-0.2, -0.15) is 0 Å².